The number of benzene rings is 2. The van der Waals surface area contributed by atoms with E-state index in [-0.39, 0.29) is 11.8 Å². The summed E-state index contributed by atoms with van der Waals surface area (Å²) in [7, 11) is 0. The molecule has 1 aliphatic heterocycles. The molecular weight excluding hydrogens is 411 g/mol. The maximum Gasteiger partial charge on any atom is 0.255 e. The predicted molar refractivity (Wildman–Crippen MR) is 119 cm³/mol. The van der Waals surface area contributed by atoms with E-state index in [1.807, 2.05) is 0 Å². The Morgan fingerprint density at radius 3 is 2.44 bits per heavy atom. The third-order valence-corrected chi connectivity index (χ3v) is 5.01. The van der Waals surface area contributed by atoms with Crippen molar-refractivity contribution in [2.75, 3.05) is 30.3 Å². The fraction of sp³-hybridized carbons (Fsp3) is 0.208. The van der Waals surface area contributed by atoms with Crippen LogP contribution in [0.5, 0.6) is 11.6 Å². The zero-order valence-electron chi connectivity index (χ0n) is 17.4. The minimum atomic E-state index is -0.420. The molecule has 0 spiro atoms. The van der Waals surface area contributed by atoms with E-state index >= 15 is 0 Å². The topological polar surface area (TPSA) is 83.6 Å². The summed E-state index contributed by atoms with van der Waals surface area (Å²) in [6.45, 7) is 2.31. The maximum atomic E-state index is 13.3. The van der Waals surface area contributed by atoms with Crippen LogP contribution in [0.1, 0.15) is 23.2 Å². The van der Waals surface area contributed by atoms with Gasteiger partial charge in [0, 0.05) is 17.3 Å². The van der Waals surface area contributed by atoms with Crippen LogP contribution in [0, 0.1) is 5.82 Å². The average Bonchev–Trinajstić information content (AvgIpc) is 3.28. The molecule has 1 saturated heterocycles. The summed E-state index contributed by atoms with van der Waals surface area (Å²) in [5.41, 5.74) is 1.39. The highest BCUT2D eigenvalue weighted by Gasteiger charge is 2.15. The van der Waals surface area contributed by atoms with Crippen LogP contribution in [0.25, 0.3) is 0 Å². The normalized spacial score (nSPS) is 13.5. The number of amides is 2. The van der Waals surface area contributed by atoms with E-state index in [1.54, 1.807) is 42.5 Å². The molecule has 0 bridgehead atoms. The molecule has 2 amide bonds. The molecule has 1 fully saturated rings. The summed E-state index contributed by atoms with van der Waals surface area (Å²) in [5, 5.41) is 5.48. The van der Waals surface area contributed by atoms with Crippen LogP contribution in [0.4, 0.5) is 15.8 Å². The predicted octanol–water partition coefficient (Wildman–Crippen LogP) is 4.30. The number of rotatable bonds is 7. The van der Waals surface area contributed by atoms with Gasteiger partial charge in [0.25, 0.3) is 5.91 Å². The summed E-state index contributed by atoms with van der Waals surface area (Å²) in [6.07, 6.45) is 3.82. The molecule has 1 aromatic heterocycles. The van der Waals surface area contributed by atoms with Gasteiger partial charge in [-0.2, -0.15) is 0 Å². The molecule has 2 N–H and O–H groups in total. The molecule has 164 valence electrons. The van der Waals surface area contributed by atoms with Crippen molar-refractivity contribution in [1.29, 1.82) is 0 Å². The lowest BCUT2D eigenvalue weighted by Crippen LogP contribution is -2.30. The third-order valence-electron chi connectivity index (χ3n) is 5.01. The largest absolute Gasteiger partial charge is 0.439 e. The summed E-state index contributed by atoms with van der Waals surface area (Å²) >= 11 is 0. The van der Waals surface area contributed by atoms with Gasteiger partial charge in [-0.1, -0.05) is 6.07 Å². The number of anilines is 2. The van der Waals surface area contributed by atoms with Crippen molar-refractivity contribution in [3.8, 4) is 11.6 Å². The van der Waals surface area contributed by atoms with E-state index < -0.39 is 5.82 Å². The Bertz CT molecular complexity index is 1080. The van der Waals surface area contributed by atoms with Crippen LogP contribution >= 0.6 is 0 Å². The maximum absolute atomic E-state index is 13.3. The van der Waals surface area contributed by atoms with Crippen molar-refractivity contribution >= 4 is 23.2 Å². The number of likely N-dealkylation sites (tertiary alicyclic amines) is 1. The molecule has 0 radical (unpaired) electrons. The lowest BCUT2D eigenvalue weighted by atomic mass is 10.2. The van der Waals surface area contributed by atoms with Crippen LogP contribution < -0.4 is 15.4 Å². The van der Waals surface area contributed by atoms with Crippen molar-refractivity contribution in [2.24, 2.45) is 0 Å². The molecule has 4 rings (SSSR count). The summed E-state index contributed by atoms with van der Waals surface area (Å²) in [5.74, 6) is 0.0325. The van der Waals surface area contributed by atoms with Gasteiger partial charge in [0.15, 0.2) is 0 Å². The molecule has 3 aromatic rings. The highest BCUT2D eigenvalue weighted by molar-refractivity contribution is 6.04. The van der Waals surface area contributed by atoms with Crippen molar-refractivity contribution in [3.63, 3.8) is 0 Å². The van der Waals surface area contributed by atoms with Gasteiger partial charge in [0.2, 0.25) is 11.8 Å². The van der Waals surface area contributed by atoms with E-state index in [4.69, 9.17) is 4.74 Å². The Balaban J connectivity index is 1.30. The lowest BCUT2D eigenvalue weighted by Gasteiger charge is -2.14. The van der Waals surface area contributed by atoms with Crippen LogP contribution in [0.3, 0.4) is 0 Å². The third kappa shape index (κ3) is 5.89. The minimum absolute atomic E-state index is 0.0607. The van der Waals surface area contributed by atoms with E-state index in [1.165, 1.54) is 24.4 Å². The first kappa shape index (κ1) is 21.5. The minimum Gasteiger partial charge on any atom is -0.439 e. The van der Waals surface area contributed by atoms with Gasteiger partial charge in [-0.3, -0.25) is 14.5 Å². The number of carbonyl (C=O) groups excluding carboxylic acids is 2. The monoisotopic (exact) mass is 434 g/mol. The number of hydrogen-bond acceptors (Lipinski definition) is 5. The Hall–Kier alpha value is -3.78. The second kappa shape index (κ2) is 10.0. The molecule has 1 aliphatic rings. The lowest BCUT2D eigenvalue weighted by molar-refractivity contribution is -0.117. The summed E-state index contributed by atoms with van der Waals surface area (Å²) in [4.78, 5) is 30.7. The van der Waals surface area contributed by atoms with Gasteiger partial charge in [-0.25, -0.2) is 9.37 Å². The molecule has 0 atom stereocenters. The first-order chi connectivity index (χ1) is 15.5. The fourth-order valence-electron chi connectivity index (χ4n) is 3.42. The Morgan fingerprint density at radius 1 is 0.969 bits per heavy atom. The Labute approximate surface area is 185 Å². The van der Waals surface area contributed by atoms with Gasteiger partial charge >= 0.3 is 0 Å². The molecule has 0 unspecified atom stereocenters. The van der Waals surface area contributed by atoms with Gasteiger partial charge in [-0.15, -0.1) is 0 Å². The van der Waals surface area contributed by atoms with Gasteiger partial charge in [-0.05, 0) is 74.5 Å². The number of carbonyl (C=O) groups is 2. The van der Waals surface area contributed by atoms with E-state index in [0.29, 0.717) is 35.1 Å². The van der Waals surface area contributed by atoms with Gasteiger partial charge in [0.05, 0.1) is 18.4 Å². The smallest absolute Gasteiger partial charge is 0.255 e. The quantitative estimate of drug-likeness (QED) is 0.579. The van der Waals surface area contributed by atoms with Crippen molar-refractivity contribution in [1.82, 2.24) is 9.88 Å². The summed E-state index contributed by atoms with van der Waals surface area (Å²) < 4.78 is 19.0. The number of nitrogens with zero attached hydrogens (tertiary/aromatic N) is 2. The molecule has 2 aromatic carbocycles. The zero-order valence-corrected chi connectivity index (χ0v) is 17.4. The van der Waals surface area contributed by atoms with Crippen molar-refractivity contribution < 1.29 is 18.7 Å². The number of halogens is 1. The summed E-state index contributed by atoms with van der Waals surface area (Å²) in [6, 6.07) is 15.6. The molecule has 32 heavy (non-hydrogen) atoms. The molecule has 8 heteroatoms. The van der Waals surface area contributed by atoms with Crippen LogP contribution in [0.15, 0.2) is 66.9 Å². The highest BCUT2D eigenvalue weighted by atomic mass is 19.1. The van der Waals surface area contributed by atoms with Crippen molar-refractivity contribution in [3.05, 3.63) is 78.2 Å². The van der Waals surface area contributed by atoms with Gasteiger partial charge in [0.1, 0.15) is 11.6 Å². The number of aromatic nitrogens is 1. The molecule has 7 nitrogen and oxygen atoms in total. The standard InChI is InChI=1S/C24H23FN4O3/c25-18-4-3-5-19(14-18)28-24(31)17-6-9-21(10-7-17)32-23-11-8-20(15-26-23)27-22(30)16-29-12-1-2-13-29/h3-11,14-15H,1-2,12-13,16H2,(H,27,30)(H,28,31). The SMILES string of the molecule is O=C(CN1CCCC1)Nc1ccc(Oc2ccc(C(=O)Nc3cccc(F)c3)cc2)nc1. The number of ether oxygens (including phenoxy) is 1. The Morgan fingerprint density at radius 2 is 1.75 bits per heavy atom. The second-order valence-corrected chi connectivity index (χ2v) is 7.51. The first-order valence-electron chi connectivity index (χ1n) is 10.4. The number of hydrogen-bond donors (Lipinski definition) is 2. The Kier molecular flexibility index (Phi) is 6.72. The van der Waals surface area contributed by atoms with Crippen LogP contribution in [-0.2, 0) is 4.79 Å². The van der Waals surface area contributed by atoms with E-state index in [9.17, 15) is 14.0 Å². The van der Waals surface area contributed by atoms with Crippen molar-refractivity contribution in [2.45, 2.75) is 12.8 Å². The molecule has 0 aliphatic carbocycles. The molecule has 2 heterocycles. The second-order valence-electron chi connectivity index (χ2n) is 7.51. The molecular formula is C24H23FN4O3. The first-order valence-corrected chi connectivity index (χ1v) is 10.4. The number of pyridine rings is 1. The van der Waals surface area contributed by atoms with Crippen LogP contribution in [-0.4, -0.2) is 41.3 Å². The average molecular weight is 434 g/mol. The number of nitrogens with one attached hydrogen (secondary N) is 2. The van der Waals surface area contributed by atoms with E-state index in [0.717, 1.165) is 25.9 Å². The molecule has 0 saturated carbocycles. The van der Waals surface area contributed by atoms with E-state index in [2.05, 4.69) is 20.5 Å². The fourth-order valence-corrected chi connectivity index (χ4v) is 3.42. The van der Waals surface area contributed by atoms with Crippen LogP contribution in [0.2, 0.25) is 0 Å². The zero-order chi connectivity index (χ0) is 22.3. The highest BCUT2D eigenvalue weighted by Crippen LogP contribution is 2.21. The van der Waals surface area contributed by atoms with Gasteiger partial charge < -0.3 is 15.4 Å².